The van der Waals surface area contributed by atoms with Gasteiger partial charge in [-0.15, -0.1) is 0 Å². The Morgan fingerprint density at radius 1 is 1.05 bits per heavy atom. The summed E-state index contributed by atoms with van der Waals surface area (Å²) in [5, 5.41) is 3.51. The van der Waals surface area contributed by atoms with Gasteiger partial charge in [0.25, 0.3) is 0 Å². The molecule has 1 unspecified atom stereocenters. The molecular formula is C17H20BrNO2. The molecule has 1 atom stereocenters. The summed E-state index contributed by atoms with van der Waals surface area (Å²) >= 11 is 3.54. The fraction of sp³-hybridized carbons (Fsp3) is 0.294. The zero-order valence-electron chi connectivity index (χ0n) is 12.5. The summed E-state index contributed by atoms with van der Waals surface area (Å²) in [6, 6.07) is 14.2. The van der Waals surface area contributed by atoms with Crippen LogP contribution in [0.4, 0.5) is 0 Å². The van der Waals surface area contributed by atoms with Crippen LogP contribution in [0.25, 0.3) is 0 Å². The van der Waals surface area contributed by atoms with Gasteiger partial charge in [0.15, 0.2) is 0 Å². The zero-order chi connectivity index (χ0) is 15.2. The highest BCUT2D eigenvalue weighted by Crippen LogP contribution is 2.33. The molecule has 1 N–H and O–H groups in total. The van der Waals surface area contributed by atoms with Crippen molar-refractivity contribution in [3.8, 4) is 11.5 Å². The lowest BCUT2D eigenvalue weighted by Gasteiger charge is -2.22. The summed E-state index contributed by atoms with van der Waals surface area (Å²) in [7, 11) is 3.37. The van der Waals surface area contributed by atoms with E-state index in [2.05, 4.69) is 46.4 Å². The molecule has 2 aromatic carbocycles. The molecule has 0 aliphatic heterocycles. The Bertz CT molecular complexity index is 584. The Labute approximate surface area is 134 Å². The molecule has 112 valence electrons. The second kappa shape index (κ2) is 7.48. The number of hydrogen-bond donors (Lipinski definition) is 1. The molecule has 4 heteroatoms. The third-order valence-corrected chi connectivity index (χ3v) is 3.85. The van der Waals surface area contributed by atoms with Crippen molar-refractivity contribution in [2.45, 2.75) is 13.0 Å². The molecule has 0 aliphatic rings. The van der Waals surface area contributed by atoms with Gasteiger partial charge in [0.1, 0.15) is 11.5 Å². The van der Waals surface area contributed by atoms with E-state index in [0.29, 0.717) is 0 Å². The summed E-state index contributed by atoms with van der Waals surface area (Å²) in [5.74, 6) is 1.73. The third-order valence-electron chi connectivity index (χ3n) is 3.36. The van der Waals surface area contributed by atoms with E-state index in [9.17, 15) is 0 Å². The van der Waals surface area contributed by atoms with Crippen molar-refractivity contribution in [2.75, 3.05) is 20.8 Å². The van der Waals surface area contributed by atoms with Gasteiger partial charge in [-0.2, -0.15) is 0 Å². The number of methoxy groups -OCH3 is 2. The summed E-state index contributed by atoms with van der Waals surface area (Å²) in [6.45, 7) is 2.97. The highest BCUT2D eigenvalue weighted by molar-refractivity contribution is 9.10. The van der Waals surface area contributed by atoms with Crippen molar-refractivity contribution in [3.63, 3.8) is 0 Å². The lowest BCUT2D eigenvalue weighted by molar-refractivity contribution is 0.404. The molecule has 0 aliphatic carbocycles. The largest absolute Gasteiger partial charge is 0.497 e. The first-order valence-corrected chi connectivity index (χ1v) is 7.69. The molecule has 2 aromatic rings. The Morgan fingerprint density at radius 2 is 1.76 bits per heavy atom. The van der Waals surface area contributed by atoms with E-state index in [-0.39, 0.29) is 6.04 Å². The predicted octanol–water partition coefficient (Wildman–Crippen LogP) is 4.17. The van der Waals surface area contributed by atoms with Crippen LogP contribution in [0, 0.1) is 0 Å². The van der Waals surface area contributed by atoms with Crippen LogP contribution >= 0.6 is 15.9 Å². The van der Waals surface area contributed by atoms with Crippen molar-refractivity contribution in [1.29, 1.82) is 0 Å². The van der Waals surface area contributed by atoms with Gasteiger partial charge in [0, 0.05) is 10.0 Å². The number of halogens is 1. The van der Waals surface area contributed by atoms with E-state index in [1.807, 2.05) is 24.3 Å². The average molecular weight is 350 g/mol. The van der Waals surface area contributed by atoms with Gasteiger partial charge >= 0.3 is 0 Å². The van der Waals surface area contributed by atoms with Gasteiger partial charge in [-0.25, -0.2) is 0 Å². The summed E-state index contributed by atoms with van der Waals surface area (Å²) in [4.78, 5) is 0. The highest BCUT2D eigenvalue weighted by Gasteiger charge is 2.17. The van der Waals surface area contributed by atoms with Crippen LogP contribution in [0.2, 0.25) is 0 Å². The van der Waals surface area contributed by atoms with E-state index >= 15 is 0 Å². The first kappa shape index (κ1) is 15.9. The van der Waals surface area contributed by atoms with Crippen molar-refractivity contribution >= 4 is 15.9 Å². The van der Waals surface area contributed by atoms with Crippen LogP contribution in [0.1, 0.15) is 24.1 Å². The van der Waals surface area contributed by atoms with Crippen LogP contribution in [0.15, 0.2) is 46.9 Å². The molecule has 0 amide bonds. The van der Waals surface area contributed by atoms with Crippen molar-refractivity contribution < 1.29 is 9.47 Å². The third kappa shape index (κ3) is 3.77. The molecular weight excluding hydrogens is 330 g/mol. The minimum absolute atomic E-state index is 0.0772. The quantitative estimate of drug-likeness (QED) is 0.848. The fourth-order valence-corrected chi connectivity index (χ4v) is 2.72. The zero-order valence-corrected chi connectivity index (χ0v) is 14.1. The first-order valence-electron chi connectivity index (χ1n) is 6.90. The Morgan fingerprint density at radius 3 is 2.33 bits per heavy atom. The van der Waals surface area contributed by atoms with E-state index in [1.54, 1.807) is 14.2 Å². The molecule has 0 saturated carbocycles. The molecule has 0 fully saturated rings. The minimum Gasteiger partial charge on any atom is -0.497 e. The Kier molecular flexibility index (Phi) is 5.65. The van der Waals surface area contributed by atoms with Crippen molar-refractivity contribution in [2.24, 2.45) is 0 Å². The summed E-state index contributed by atoms with van der Waals surface area (Å²) in [5.41, 5.74) is 2.29. The first-order chi connectivity index (χ1) is 10.2. The smallest absolute Gasteiger partial charge is 0.124 e. The number of rotatable bonds is 6. The number of ether oxygens (including phenoxy) is 2. The lowest BCUT2D eigenvalue weighted by Crippen LogP contribution is -2.22. The molecule has 0 heterocycles. The second-order valence-electron chi connectivity index (χ2n) is 4.65. The molecule has 0 aromatic heterocycles. The van der Waals surface area contributed by atoms with Crippen LogP contribution in [0.5, 0.6) is 11.5 Å². The molecule has 0 spiro atoms. The molecule has 0 radical (unpaired) electrons. The maximum absolute atomic E-state index is 5.51. The molecule has 0 bridgehead atoms. The van der Waals surface area contributed by atoms with E-state index in [4.69, 9.17) is 9.47 Å². The molecule has 2 rings (SSSR count). The van der Waals surface area contributed by atoms with E-state index in [0.717, 1.165) is 28.1 Å². The monoisotopic (exact) mass is 349 g/mol. The van der Waals surface area contributed by atoms with Crippen LogP contribution in [-0.2, 0) is 0 Å². The second-order valence-corrected chi connectivity index (χ2v) is 5.57. The Balaban J connectivity index is 2.44. The van der Waals surface area contributed by atoms with Crippen molar-refractivity contribution in [3.05, 3.63) is 58.1 Å². The number of hydrogen-bond acceptors (Lipinski definition) is 3. The van der Waals surface area contributed by atoms with Gasteiger partial charge in [0.05, 0.1) is 20.3 Å². The summed E-state index contributed by atoms with van der Waals surface area (Å²) in [6.07, 6.45) is 0. The molecule has 0 saturated heterocycles. The maximum Gasteiger partial charge on any atom is 0.124 e. The van der Waals surface area contributed by atoms with E-state index < -0.39 is 0 Å². The van der Waals surface area contributed by atoms with Crippen LogP contribution in [-0.4, -0.2) is 20.8 Å². The molecule has 21 heavy (non-hydrogen) atoms. The van der Waals surface area contributed by atoms with Gasteiger partial charge in [-0.3, -0.25) is 0 Å². The fourth-order valence-electron chi connectivity index (χ4n) is 2.34. The van der Waals surface area contributed by atoms with Gasteiger partial charge in [0.2, 0.25) is 0 Å². The minimum atomic E-state index is 0.0772. The van der Waals surface area contributed by atoms with Gasteiger partial charge in [-0.1, -0.05) is 35.0 Å². The average Bonchev–Trinajstić information content (AvgIpc) is 2.53. The maximum atomic E-state index is 5.51. The van der Waals surface area contributed by atoms with Crippen molar-refractivity contribution in [1.82, 2.24) is 5.32 Å². The Hall–Kier alpha value is -1.52. The summed E-state index contributed by atoms with van der Waals surface area (Å²) < 4.78 is 11.8. The van der Waals surface area contributed by atoms with Gasteiger partial charge in [-0.05, 0) is 42.4 Å². The SMILES string of the molecule is CCNC(c1ccc(OC)cc1)c1cc(Br)ccc1OC. The standard InChI is InChI=1S/C17H20BrNO2/c1-4-19-17(12-5-8-14(20-2)9-6-12)15-11-13(18)7-10-16(15)21-3/h5-11,17,19H,4H2,1-3H3. The van der Waals surface area contributed by atoms with Crippen LogP contribution < -0.4 is 14.8 Å². The highest BCUT2D eigenvalue weighted by atomic mass is 79.9. The van der Waals surface area contributed by atoms with Gasteiger partial charge < -0.3 is 14.8 Å². The topological polar surface area (TPSA) is 30.5 Å². The van der Waals surface area contributed by atoms with E-state index in [1.165, 1.54) is 5.56 Å². The molecule has 3 nitrogen and oxygen atoms in total. The number of nitrogens with one attached hydrogen (secondary N) is 1. The van der Waals surface area contributed by atoms with Crippen LogP contribution in [0.3, 0.4) is 0 Å². The predicted molar refractivity (Wildman–Crippen MR) is 89.2 cm³/mol. The lowest BCUT2D eigenvalue weighted by atomic mass is 9.97. The normalized spacial score (nSPS) is 12.0. The number of benzene rings is 2.